The number of hydrogen-bond donors (Lipinski definition) is 0. The van der Waals surface area contributed by atoms with Crippen molar-refractivity contribution < 1.29 is 40.2 Å². The Hall–Kier alpha value is -4.32. The number of nitrogens with zero attached hydrogens (tertiary/aromatic N) is 6. The maximum atomic E-state index is 4.81. The van der Waals surface area contributed by atoms with E-state index in [1.54, 1.807) is 0 Å². The number of hydrogen-bond acceptors (Lipinski definition) is 4. The van der Waals surface area contributed by atoms with E-state index in [0.29, 0.717) is 0 Å². The van der Waals surface area contributed by atoms with E-state index < -0.39 is 0 Å². The van der Waals surface area contributed by atoms with Crippen LogP contribution in [-0.2, 0) is 78.0 Å². The van der Waals surface area contributed by atoms with Gasteiger partial charge in [0.25, 0.3) is 0 Å². The topological polar surface area (TPSA) is 61.4 Å². The van der Waals surface area contributed by atoms with E-state index in [1.165, 1.54) is 38.9 Å². The van der Waals surface area contributed by atoms with Crippen LogP contribution >= 0.6 is 0 Å². The van der Waals surface area contributed by atoms with Crippen LogP contribution in [-0.4, -0.2) is 29.5 Å². The van der Waals surface area contributed by atoms with E-state index in [9.17, 15) is 0 Å². The van der Waals surface area contributed by atoms with Crippen molar-refractivity contribution in [3.63, 3.8) is 0 Å². The summed E-state index contributed by atoms with van der Waals surface area (Å²) in [6.45, 7) is 17.8. The zero-order valence-corrected chi connectivity index (χ0v) is 40.4. The second-order valence-electron chi connectivity index (χ2n) is 16.7. The van der Waals surface area contributed by atoms with E-state index in [2.05, 4.69) is 162 Å². The monoisotopic (exact) mass is 1130 g/mol. The molecule has 7 rings (SSSR count). The molecule has 2 heterocycles. The SMILES string of the molecule is CCCc1nc(-c2[c-]ccc(-c3cc(-c4ccc(C(C)(C)C)cc4)cc(-c4ccc(C(C)(C)C)cc4)c3)c2)n(C)n1.CCCc1nc(-c2[c-]cccc2)n(C)n1.[Ir].[Ir]. The molecule has 5 aromatic carbocycles. The molecule has 6 nitrogen and oxygen atoms in total. The molecule has 58 heavy (non-hydrogen) atoms. The van der Waals surface area contributed by atoms with Gasteiger partial charge >= 0.3 is 0 Å². The van der Waals surface area contributed by atoms with Gasteiger partial charge in [0, 0.05) is 67.1 Å². The third kappa shape index (κ3) is 11.4. The minimum absolute atomic E-state index is 0. The van der Waals surface area contributed by atoms with E-state index in [0.717, 1.165) is 65.7 Å². The third-order valence-corrected chi connectivity index (χ3v) is 9.99. The first-order chi connectivity index (χ1) is 26.7. The van der Waals surface area contributed by atoms with Crippen molar-refractivity contribution in [3.05, 3.63) is 144 Å². The Bertz CT molecular complexity index is 2290. The van der Waals surface area contributed by atoms with Crippen molar-refractivity contribution in [1.82, 2.24) is 29.5 Å². The van der Waals surface area contributed by atoms with Crippen molar-refractivity contribution in [2.75, 3.05) is 0 Å². The molecule has 2 radical (unpaired) electrons. The van der Waals surface area contributed by atoms with Crippen molar-refractivity contribution in [2.24, 2.45) is 14.1 Å². The van der Waals surface area contributed by atoms with Gasteiger partial charge in [0.05, 0.1) is 11.6 Å². The van der Waals surface area contributed by atoms with Crippen molar-refractivity contribution >= 4 is 0 Å². The molecule has 0 aliphatic heterocycles. The summed E-state index contributed by atoms with van der Waals surface area (Å²) in [6.07, 6.45) is 3.90. The minimum atomic E-state index is 0. The van der Waals surface area contributed by atoms with Gasteiger partial charge in [0.1, 0.15) is 11.6 Å². The van der Waals surface area contributed by atoms with Gasteiger partial charge in [-0.3, -0.25) is 19.3 Å². The summed E-state index contributed by atoms with van der Waals surface area (Å²) in [6, 6.07) is 45.7. The molecule has 0 saturated carbocycles. The number of aromatic nitrogens is 6. The van der Waals surface area contributed by atoms with Crippen LogP contribution in [0.2, 0.25) is 0 Å². The minimum Gasteiger partial charge on any atom is -0.289 e. The van der Waals surface area contributed by atoms with Gasteiger partial charge < -0.3 is 0 Å². The maximum Gasteiger partial charge on any atom is 0.140 e. The molecule has 306 valence electrons. The Morgan fingerprint density at radius 3 is 1.33 bits per heavy atom. The Morgan fingerprint density at radius 2 is 0.914 bits per heavy atom. The smallest absolute Gasteiger partial charge is 0.140 e. The summed E-state index contributed by atoms with van der Waals surface area (Å²) in [5.41, 5.74) is 12.0. The molecular weight excluding hydrogens is 1070 g/mol. The fourth-order valence-electron chi connectivity index (χ4n) is 6.76. The van der Waals surface area contributed by atoms with E-state index in [-0.39, 0.29) is 51.0 Å². The second kappa shape index (κ2) is 20.1. The normalized spacial score (nSPS) is 11.3. The first kappa shape index (κ1) is 46.4. The van der Waals surface area contributed by atoms with Gasteiger partial charge in [-0.25, -0.2) is 0 Å². The summed E-state index contributed by atoms with van der Waals surface area (Å²) >= 11 is 0. The zero-order valence-electron chi connectivity index (χ0n) is 35.6. The molecule has 0 fully saturated rings. The van der Waals surface area contributed by atoms with Crippen LogP contribution in [0.15, 0.2) is 109 Å². The number of benzene rings is 5. The van der Waals surface area contributed by atoms with Gasteiger partial charge in [-0.05, 0) is 80.8 Å². The Labute approximate surface area is 373 Å². The van der Waals surface area contributed by atoms with Crippen molar-refractivity contribution in [2.45, 2.75) is 91.9 Å². The fraction of sp³-hybridized carbons (Fsp3) is 0.320. The van der Waals surface area contributed by atoms with E-state index in [1.807, 2.05) is 53.8 Å². The average molecular weight is 1130 g/mol. The Balaban J connectivity index is 0.000000368. The molecule has 7 aromatic rings. The largest absolute Gasteiger partial charge is 0.289 e. The van der Waals surface area contributed by atoms with Gasteiger partial charge in [-0.2, -0.15) is 10.2 Å². The van der Waals surface area contributed by atoms with E-state index in [4.69, 9.17) is 4.98 Å². The van der Waals surface area contributed by atoms with E-state index >= 15 is 0 Å². The van der Waals surface area contributed by atoms with Crippen LogP contribution in [0.25, 0.3) is 56.2 Å². The third-order valence-electron chi connectivity index (χ3n) is 9.99. The molecule has 0 aliphatic carbocycles. The van der Waals surface area contributed by atoms with Crippen LogP contribution in [0.5, 0.6) is 0 Å². The maximum absolute atomic E-state index is 4.81. The molecule has 0 bridgehead atoms. The van der Waals surface area contributed by atoms with Gasteiger partial charge in [0.2, 0.25) is 0 Å². The summed E-state index contributed by atoms with van der Waals surface area (Å²) in [5, 5.41) is 8.98. The van der Waals surface area contributed by atoms with Crippen LogP contribution in [0.3, 0.4) is 0 Å². The second-order valence-corrected chi connectivity index (χ2v) is 16.7. The molecular formula is C50H56Ir2N6-2. The Morgan fingerprint density at radius 1 is 0.483 bits per heavy atom. The first-order valence-electron chi connectivity index (χ1n) is 19.9. The molecule has 8 heteroatoms. The molecule has 2 aromatic heterocycles. The summed E-state index contributed by atoms with van der Waals surface area (Å²) in [7, 11) is 3.88. The molecule has 0 atom stereocenters. The molecule has 0 unspecified atom stereocenters. The molecule has 0 saturated heterocycles. The number of aryl methyl sites for hydroxylation is 4. The van der Waals surface area contributed by atoms with Crippen LogP contribution in [0, 0.1) is 12.1 Å². The quantitative estimate of drug-likeness (QED) is 0.135. The first-order valence-corrected chi connectivity index (χ1v) is 19.9. The summed E-state index contributed by atoms with van der Waals surface area (Å²) < 4.78 is 3.69. The van der Waals surface area contributed by atoms with Crippen molar-refractivity contribution in [3.8, 4) is 56.2 Å². The fourth-order valence-corrected chi connectivity index (χ4v) is 6.76. The van der Waals surface area contributed by atoms with Crippen LogP contribution in [0.1, 0.15) is 91.0 Å². The molecule has 0 amide bonds. The number of rotatable bonds is 9. The average Bonchev–Trinajstić information content (AvgIpc) is 3.75. The molecule has 0 spiro atoms. The molecule has 0 N–H and O–H groups in total. The Kier molecular flexibility index (Phi) is 16.1. The van der Waals surface area contributed by atoms with Crippen LogP contribution in [0.4, 0.5) is 0 Å². The predicted octanol–water partition coefficient (Wildman–Crippen LogP) is 12.1. The summed E-state index contributed by atoms with van der Waals surface area (Å²) in [4.78, 5) is 9.30. The molecule has 0 aliphatic rings. The standard InChI is InChI=1S/C38H42N3.C12H14N3.2Ir/c1-9-11-35-39-36(41(8)40-35)29-13-10-12-28(22-29)32-24-30(26-14-18-33(19-15-26)37(2,3)4)23-31(25-32)27-16-20-34(21-17-27)38(5,6)7;1-3-7-11-13-12(15(2)14-11)10-8-5-4-6-9-10;;/h10,12,14-25H,9,11H2,1-8H3;4-6,8H,3,7H2,1-2H3;;/q2*-1;;. The summed E-state index contributed by atoms with van der Waals surface area (Å²) in [5.74, 6) is 3.53. The van der Waals surface area contributed by atoms with Gasteiger partial charge in [0.15, 0.2) is 0 Å². The predicted molar refractivity (Wildman–Crippen MR) is 232 cm³/mol. The van der Waals surface area contributed by atoms with Gasteiger partial charge in [-0.15, -0.1) is 71.3 Å². The van der Waals surface area contributed by atoms with Crippen LogP contribution < -0.4 is 0 Å². The zero-order chi connectivity index (χ0) is 40.0. The van der Waals surface area contributed by atoms with Crippen molar-refractivity contribution in [1.29, 1.82) is 0 Å². The van der Waals surface area contributed by atoms with Gasteiger partial charge in [-0.1, -0.05) is 104 Å².